The number of rotatable bonds is 2. The second-order valence-electron chi connectivity index (χ2n) is 3.56. The third-order valence-electron chi connectivity index (χ3n) is 1.71. The molecule has 0 aromatic rings. The summed E-state index contributed by atoms with van der Waals surface area (Å²) in [4.78, 5) is 15.2. The van der Waals surface area contributed by atoms with Crippen molar-refractivity contribution in [1.29, 1.82) is 0 Å². The van der Waals surface area contributed by atoms with Gasteiger partial charge < -0.3 is 9.80 Å². The molecule has 1 aliphatic heterocycles. The number of hydrogen-bond donors (Lipinski definition) is 0. The fourth-order valence-corrected chi connectivity index (χ4v) is 2.11. The average Bonchev–Trinajstić information content (AvgIpc) is 1.98. The number of nitrogens with zero attached hydrogens (tertiary/aromatic N) is 2. The third-order valence-corrected chi connectivity index (χ3v) is 2.78. The molecule has 1 aliphatic rings. The standard InChI is InChI=1S/C8H16N2OS/c1-7(2)4-10-6-12-5-9(3)8(10)11/h7H,4-6H2,1-3H3. The molecule has 4 heteroatoms. The Morgan fingerprint density at radius 3 is 2.75 bits per heavy atom. The molecule has 0 atom stereocenters. The molecule has 0 radical (unpaired) electrons. The Hall–Kier alpha value is -0.380. The van der Waals surface area contributed by atoms with Crippen molar-refractivity contribution in [3.05, 3.63) is 0 Å². The molecule has 0 saturated carbocycles. The smallest absolute Gasteiger partial charge is 0.318 e. The van der Waals surface area contributed by atoms with Crippen LogP contribution in [0.3, 0.4) is 0 Å². The predicted molar refractivity (Wildman–Crippen MR) is 52.0 cm³/mol. The minimum absolute atomic E-state index is 0.169. The van der Waals surface area contributed by atoms with Gasteiger partial charge in [0.1, 0.15) is 0 Å². The largest absolute Gasteiger partial charge is 0.321 e. The Labute approximate surface area is 78.1 Å². The Morgan fingerprint density at radius 1 is 1.50 bits per heavy atom. The highest BCUT2D eigenvalue weighted by molar-refractivity contribution is 7.99. The average molecular weight is 188 g/mol. The van der Waals surface area contributed by atoms with Crippen LogP contribution in [0.1, 0.15) is 13.8 Å². The van der Waals surface area contributed by atoms with Crippen LogP contribution in [-0.2, 0) is 0 Å². The first-order valence-corrected chi connectivity index (χ1v) is 5.34. The Balaban J connectivity index is 2.46. The SMILES string of the molecule is CC(C)CN1CSCN(C)C1=O. The van der Waals surface area contributed by atoms with E-state index in [2.05, 4.69) is 13.8 Å². The molecule has 0 spiro atoms. The van der Waals surface area contributed by atoms with E-state index < -0.39 is 0 Å². The summed E-state index contributed by atoms with van der Waals surface area (Å²) in [5.41, 5.74) is 0. The molecule has 3 nitrogen and oxygen atoms in total. The highest BCUT2D eigenvalue weighted by atomic mass is 32.2. The van der Waals surface area contributed by atoms with Gasteiger partial charge in [0.15, 0.2) is 0 Å². The number of carbonyl (C=O) groups excluding carboxylic acids is 1. The summed E-state index contributed by atoms with van der Waals surface area (Å²) in [5, 5.41) is 0. The van der Waals surface area contributed by atoms with Crippen LogP contribution in [0, 0.1) is 5.92 Å². The number of hydrogen-bond acceptors (Lipinski definition) is 2. The van der Waals surface area contributed by atoms with Gasteiger partial charge in [-0.05, 0) is 5.92 Å². The first-order chi connectivity index (χ1) is 5.61. The summed E-state index contributed by atoms with van der Waals surface area (Å²) in [7, 11) is 1.85. The van der Waals surface area contributed by atoms with Gasteiger partial charge in [0, 0.05) is 13.6 Å². The summed E-state index contributed by atoms with van der Waals surface area (Å²) >= 11 is 1.79. The molecule has 2 amide bonds. The van der Waals surface area contributed by atoms with Gasteiger partial charge in [0.25, 0.3) is 0 Å². The van der Waals surface area contributed by atoms with Gasteiger partial charge in [-0.1, -0.05) is 13.8 Å². The summed E-state index contributed by atoms with van der Waals surface area (Å²) in [6, 6.07) is 0.169. The Bertz CT molecular complexity index is 172. The van der Waals surface area contributed by atoms with E-state index in [1.54, 1.807) is 16.7 Å². The lowest BCUT2D eigenvalue weighted by molar-refractivity contribution is 0.168. The van der Waals surface area contributed by atoms with Crippen LogP contribution >= 0.6 is 11.8 Å². The molecule has 1 fully saturated rings. The molecule has 0 aromatic heterocycles. The van der Waals surface area contributed by atoms with Gasteiger partial charge in [0.2, 0.25) is 0 Å². The monoisotopic (exact) mass is 188 g/mol. The topological polar surface area (TPSA) is 23.6 Å². The van der Waals surface area contributed by atoms with E-state index in [9.17, 15) is 4.79 Å². The van der Waals surface area contributed by atoms with E-state index in [1.807, 2.05) is 11.9 Å². The molecule has 0 N–H and O–H groups in total. The van der Waals surface area contributed by atoms with Gasteiger partial charge in [0.05, 0.1) is 11.8 Å². The zero-order valence-electron chi connectivity index (χ0n) is 7.91. The normalized spacial score (nSPS) is 19.2. The van der Waals surface area contributed by atoms with Crippen molar-refractivity contribution in [2.45, 2.75) is 13.8 Å². The van der Waals surface area contributed by atoms with Crippen molar-refractivity contribution >= 4 is 17.8 Å². The molecule has 0 bridgehead atoms. The van der Waals surface area contributed by atoms with Crippen LogP contribution < -0.4 is 0 Å². The molecular formula is C8H16N2OS. The van der Waals surface area contributed by atoms with E-state index in [0.29, 0.717) is 5.92 Å². The third kappa shape index (κ3) is 2.30. The molecule has 0 aromatic carbocycles. The van der Waals surface area contributed by atoms with E-state index in [-0.39, 0.29) is 6.03 Å². The minimum Gasteiger partial charge on any atom is -0.318 e. The highest BCUT2D eigenvalue weighted by Gasteiger charge is 2.22. The van der Waals surface area contributed by atoms with Crippen LogP contribution in [0.25, 0.3) is 0 Å². The fourth-order valence-electron chi connectivity index (χ4n) is 1.21. The highest BCUT2D eigenvalue weighted by Crippen LogP contribution is 2.16. The second kappa shape index (κ2) is 4.03. The van der Waals surface area contributed by atoms with Crippen molar-refractivity contribution in [3.63, 3.8) is 0 Å². The van der Waals surface area contributed by atoms with Crippen LogP contribution in [0.15, 0.2) is 0 Å². The second-order valence-corrected chi connectivity index (χ2v) is 4.48. The summed E-state index contributed by atoms with van der Waals surface area (Å²) in [6.45, 7) is 5.13. The van der Waals surface area contributed by atoms with Gasteiger partial charge in [-0.3, -0.25) is 0 Å². The van der Waals surface area contributed by atoms with E-state index >= 15 is 0 Å². The lowest BCUT2D eigenvalue weighted by atomic mass is 10.2. The van der Waals surface area contributed by atoms with Gasteiger partial charge in [-0.15, -0.1) is 11.8 Å². The maximum absolute atomic E-state index is 11.5. The Morgan fingerprint density at radius 2 is 2.17 bits per heavy atom. The quantitative estimate of drug-likeness (QED) is 0.658. The number of carbonyl (C=O) groups is 1. The summed E-state index contributed by atoms with van der Waals surface area (Å²) in [5.74, 6) is 2.23. The van der Waals surface area contributed by atoms with Crippen molar-refractivity contribution in [2.75, 3.05) is 25.3 Å². The van der Waals surface area contributed by atoms with Crippen molar-refractivity contribution < 1.29 is 4.79 Å². The van der Waals surface area contributed by atoms with Gasteiger partial charge in [-0.25, -0.2) is 4.79 Å². The maximum atomic E-state index is 11.5. The van der Waals surface area contributed by atoms with E-state index in [1.165, 1.54) is 0 Å². The van der Waals surface area contributed by atoms with Crippen molar-refractivity contribution in [3.8, 4) is 0 Å². The van der Waals surface area contributed by atoms with Crippen molar-refractivity contribution in [1.82, 2.24) is 9.80 Å². The first kappa shape index (κ1) is 9.71. The predicted octanol–water partition coefficient (Wildman–Crippen LogP) is 1.66. The van der Waals surface area contributed by atoms with E-state index in [4.69, 9.17) is 0 Å². The minimum atomic E-state index is 0.169. The first-order valence-electron chi connectivity index (χ1n) is 4.19. The lowest BCUT2D eigenvalue weighted by Gasteiger charge is -2.33. The number of urea groups is 1. The molecular weight excluding hydrogens is 172 g/mol. The maximum Gasteiger partial charge on any atom is 0.321 e. The molecule has 70 valence electrons. The van der Waals surface area contributed by atoms with Crippen LogP contribution in [-0.4, -0.2) is 41.2 Å². The van der Waals surface area contributed by atoms with Crippen molar-refractivity contribution in [2.24, 2.45) is 5.92 Å². The molecule has 0 unspecified atom stereocenters. The zero-order valence-corrected chi connectivity index (χ0v) is 8.73. The number of amides is 2. The molecule has 1 heterocycles. The summed E-state index contributed by atoms with van der Waals surface area (Å²) < 4.78 is 0. The van der Waals surface area contributed by atoms with Crippen LogP contribution in [0.5, 0.6) is 0 Å². The molecule has 0 aliphatic carbocycles. The number of thioether (sulfide) groups is 1. The molecule has 12 heavy (non-hydrogen) atoms. The van der Waals surface area contributed by atoms with E-state index in [0.717, 1.165) is 18.3 Å². The van der Waals surface area contributed by atoms with Crippen LogP contribution in [0.2, 0.25) is 0 Å². The fraction of sp³-hybridized carbons (Fsp3) is 0.875. The lowest BCUT2D eigenvalue weighted by Crippen LogP contribution is -2.46. The van der Waals surface area contributed by atoms with Gasteiger partial charge in [-0.2, -0.15) is 0 Å². The van der Waals surface area contributed by atoms with Crippen LogP contribution in [0.4, 0.5) is 4.79 Å². The summed E-state index contributed by atoms with van der Waals surface area (Å²) in [6.07, 6.45) is 0. The Kier molecular flexibility index (Phi) is 3.26. The zero-order chi connectivity index (χ0) is 9.14. The molecule has 1 saturated heterocycles. The molecule has 1 rings (SSSR count). The van der Waals surface area contributed by atoms with Gasteiger partial charge >= 0.3 is 6.03 Å².